The Morgan fingerprint density at radius 1 is 1.50 bits per heavy atom. The third-order valence-electron chi connectivity index (χ3n) is 3.52. The predicted molar refractivity (Wildman–Crippen MR) is 71.0 cm³/mol. The molecule has 0 spiro atoms. The van der Waals surface area contributed by atoms with Crippen LogP contribution in [-0.4, -0.2) is 31.6 Å². The molecule has 0 bridgehead atoms. The lowest BCUT2D eigenvalue weighted by atomic mass is 9.97. The van der Waals surface area contributed by atoms with E-state index in [9.17, 15) is 0 Å². The number of nitrogens with zero attached hydrogens (tertiary/aromatic N) is 1. The standard InChI is InChI=1S/C13H22N2S/c1-11(13-4-3-9-16-13)14-10-12-5-7-15(2)8-6-12/h3-4,9,11-12,14H,5-8,10H2,1-2H3/t11-/m1/s1. The molecule has 2 nitrogen and oxygen atoms in total. The Bertz CT molecular complexity index is 289. The summed E-state index contributed by atoms with van der Waals surface area (Å²) in [7, 11) is 2.22. The van der Waals surface area contributed by atoms with Gasteiger partial charge in [-0.3, -0.25) is 0 Å². The minimum atomic E-state index is 0.514. The van der Waals surface area contributed by atoms with Crippen LogP contribution in [0.2, 0.25) is 0 Å². The van der Waals surface area contributed by atoms with Crippen molar-refractivity contribution in [3.8, 4) is 0 Å². The van der Waals surface area contributed by atoms with E-state index in [2.05, 4.69) is 41.7 Å². The number of rotatable bonds is 4. The Morgan fingerprint density at radius 3 is 2.88 bits per heavy atom. The molecule has 1 fully saturated rings. The van der Waals surface area contributed by atoms with Crippen LogP contribution in [0, 0.1) is 5.92 Å². The van der Waals surface area contributed by atoms with Gasteiger partial charge in [-0.05, 0) is 63.8 Å². The Hall–Kier alpha value is -0.380. The van der Waals surface area contributed by atoms with Crippen LogP contribution >= 0.6 is 11.3 Å². The number of thiophene rings is 1. The van der Waals surface area contributed by atoms with Crippen molar-refractivity contribution < 1.29 is 0 Å². The fourth-order valence-corrected chi connectivity index (χ4v) is 3.01. The molecule has 1 N–H and O–H groups in total. The summed E-state index contributed by atoms with van der Waals surface area (Å²) in [6, 6.07) is 4.87. The number of likely N-dealkylation sites (tertiary alicyclic amines) is 1. The molecule has 3 heteroatoms. The molecular weight excluding hydrogens is 216 g/mol. The lowest BCUT2D eigenvalue weighted by molar-refractivity contribution is 0.213. The van der Waals surface area contributed by atoms with Gasteiger partial charge in [0.1, 0.15) is 0 Å². The van der Waals surface area contributed by atoms with Gasteiger partial charge >= 0.3 is 0 Å². The molecule has 1 aliphatic rings. The van der Waals surface area contributed by atoms with Crippen molar-refractivity contribution in [2.75, 3.05) is 26.7 Å². The van der Waals surface area contributed by atoms with Gasteiger partial charge in [-0.25, -0.2) is 0 Å². The molecular formula is C13H22N2S. The lowest BCUT2D eigenvalue weighted by Crippen LogP contribution is -2.35. The molecule has 90 valence electrons. The van der Waals surface area contributed by atoms with E-state index in [0.717, 1.165) is 5.92 Å². The van der Waals surface area contributed by atoms with E-state index in [1.807, 2.05) is 11.3 Å². The summed E-state index contributed by atoms with van der Waals surface area (Å²) >= 11 is 1.85. The van der Waals surface area contributed by atoms with Crippen LogP contribution in [0.1, 0.15) is 30.7 Å². The van der Waals surface area contributed by atoms with Crippen LogP contribution in [0.25, 0.3) is 0 Å². The summed E-state index contributed by atoms with van der Waals surface area (Å²) in [6.07, 6.45) is 2.70. The molecule has 2 heterocycles. The van der Waals surface area contributed by atoms with E-state index in [1.54, 1.807) is 0 Å². The molecule has 2 rings (SSSR count). The molecule has 0 aliphatic carbocycles. The highest BCUT2D eigenvalue weighted by Crippen LogP contribution is 2.20. The van der Waals surface area contributed by atoms with Gasteiger partial charge in [-0.15, -0.1) is 11.3 Å². The van der Waals surface area contributed by atoms with Gasteiger partial charge in [0.25, 0.3) is 0 Å². The van der Waals surface area contributed by atoms with Crippen molar-refractivity contribution in [3.05, 3.63) is 22.4 Å². The van der Waals surface area contributed by atoms with Gasteiger partial charge in [-0.2, -0.15) is 0 Å². The van der Waals surface area contributed by atoms with Gasteiger partial charge in [0.05, 0.1) is 0 Å². The minimum absolute atomic E-state index is 0.514. The molecule has 1 aromatic rings. The zero-order valence-corrected chi connectivity index (χ0v) is 11.1. The summed E-state index contributed by atoms with van der Waals surface area (Å²) < 4.78 is 0. The van der Waals surface area contributed by atoms with Gasteiger partial charge in [0.15, 0.2) is 0 Å². The summed E-state index contributed by atoms with van der Waals surface area (Å²) in [5.74, 6) is 0.874. The van der Waals surface area contributed by atoms with Crippen molar-refractivity contribution in [3.63, 3.8) is 0 Å². The average Bonchev–Trinajstić information content (AvgIpc) is 2.81. The highest BCUT2D eigenvalue weighted by molar-refractivity contribution is 7.10. The molecule has 0 amide bonds. The maximum atomic E-state index is 3.66. The Balaban J connectivity index is 1.71. The first kappa shape index (κ1) is 12.1. The van der Waals surface area contributed by atoms with Gasteiger partial charge < -0.3 is 10.2 Å². The first-order chi connectivity index (χ1) is 7.75. The van der Waals surface area contributed by atoms with Crippen LogP contribution in [0.15, 0.2) is 17.5 Å². The largest absolute Gasteiger partial charge is 0.309 e. The monoisotopic (exact) mass is 238 g/mol. The van der Waals surface area contributed by atoms with Crippen LogP contribution in [0.4, 0.5) is 0 Å². The average molecular weight is 238 g/mol. The minimum Gasteiger partial charge on any atom is -0.309 e. The topological polar surface area (TPSA) is 15.3 Å². The Kier molecular flexibility index (Phi) is 4.38. The third kappa shape index (κ3) is 3.30. The van der Waals surface area contributed by atoms with Crippen molar-refractivity contribution in [2.24, 2.45) is 5.92 Å². The maximum absolute atomic E-state index is 3.66. The van der Waals surface area contributed by atoms with Crippen LogP contribution in [0.5, 0.6) is 0 Å². The third-order valence-corrected chi connectivity index (χ3v) is 4.58. The van der Waals surface area contributed by atoms with E-state index in [0.29, 0.717) is 6.04 Å². The van der Waals surface area contributed by atoms with Crippen molar-refractivity contribution in [1.82, 2.24) is 10.2 Å². The second-order valence-corrected chi connectivity index (χ2v) is 5.87. The SMILES string of the molecule is C[C@@H](NCC1CCN(C)CC1)c1cccs1. The van der Waals surface area contributed by atoms with Crippen LogP contribution in [0.3, 0.4) is 0 Å². The molecule has 0 radical (unpaired) electrons. The fourth-order valence-electron chi connectivity index (χ4n) is 2.25. The second kappa shape index (κ2) is 5.80. The normalized spacial score (nSPS) is 21.1. The fraction of sp³-hybridized carbons (Fsp3) is 0.692. The summed E-state index contributed by atoms with van der Waals surface area (Å²) in [5, 5.41) is 5.82. The first-order valence-corrected chi connectivity index (χ1v) is 7.09. The van der Waals surface area contributed by atoms with E-state index < -0.39 is 0 Å². The molecule has 0 unspecified atom stereocenters. The highest BCUT2D eigenvalue weighted by Gasteiger charge is 2.17. The molecule has 1 aromatic heterocycles. The van der Waals surface area contributed by atoms with Crippen molar-refractivity contribution >= 4 is 11.3 Å². The van der Waals surface area contributed by atoms with Gasteiger partial charge in [-0.1, -0.05) is 6.07 Å². The Morgan fingerprint density at radius 2 is 2.25 bits per heavy atom. The zero-order valence-electron chi connectivity index (χ0n) is 10.3. The smallest absolute Gasteiger partial charge is 0.0386 e. The van der Waals surface area contributed by atoms with E-state index in [1.165, 1.54) is 37.4 Å². The zero-order chi connectivity index (χ0) is 11.4. The summed E-state index contributed by atoms with van der Waals surface area (Å²) in [6.45, 7) is 5.97. The molecule has 16 heavy (non-hydrogen) atoms. The van der Waals surface area contributed by atoms with Gasteiger partial charge in [0.2, 0.25) is 0 Å². The quantitative estimate of drug-likeness (QED) is 0.867. The predicted octanol–water partition coefficient (Wildman–Crippen LogP) is 2.74. The van der Waals surface area contributed by atoms with Crippen molar-refractivity contribution in [2.45, 2.75) is 25.8 Å². The number of nitrogens with one attached hydrogen (secondary N) is 1. The molecule has 0 saturated carbocycles. The lowest BCUT2D eigenvalue weighted by Gasteiger charge is -2.29. The first-order valence-electron chi connectivity index (χ1n) is 6.21. The maximum Gasteiger partial charge on any atom is 0.0386 e. The van der Waals surface area contributed by atoms with E-state index in [4.69, 9.17) is 0 Å². The molecule has 0 aromatic carbocycles. The second-order valence-electron chi connectivity index (χ2n) is 4.89. The number of hydrogen-bond donors (Lipinski definition) is 1. The van der Waals surface area contributed by atoms with E-state index in [-0.39, 0.29) is 0 Å². The van der Waals surface area contributed by atoms with Gasteiger partial charge in [0, 0.05) is 10.9 Å². The van der Waals surface area contributed by atoms with Crippen molar-refractivity contribution in [1.29, 1.82) is 0 Å². The highest BCUT2D eigenvalue weighted by atomic mass is 32.1. The Labute approximate surface area is 103 Å². The molecule has 1 saturated heterocycles. The van der Waals surface area contributed by atoms with Crippen LogP contribution < -0.4 is 5.32 Å². The molecule has 1 atom stereocenters. The van der Waals surface area contributed by atoms with Crippen LogP contribution in [-0.2, 0) is 0 Å². The molecule has 1 aliphatic heterocycles. The number of piperidine rings is 1. The van der Waals surface area contributed by atoms with E-state index >= 15 is 0 Å². The summed E-state index contributed by atoms with van der Waals surface area (Å²) in [5.41, 5.74) is 0. The summed E-state index contributed by atoms with van der Waals surface area (Å²) in [4.78, 5) is 3.88. The number of hydrogen-bond acceptors (Lipinski definition) is 3.